The van der Waals surface area contributed by atoms with E-state index in [1.165, 1.54) is 16.7 Å². The van der Waals surface area contributed by atoms with Crippen molar-refractivity contribution >= 4 is 0 Å². The van der Waals surface area contributed by atoms with Gasteiger partial charge in [-0.2, -0.15) is 0 Å². The molecule has 0 spiro atoms. The molecule has 0 aromatic heterocycles. The Balaban J connectivity index is 0.000000425. The molecule has 0 amide bonds. The molecule has 0 aliphatic rings. The van der Waals surface area contributed by atoms with E-state index in [2.05, 4.69) is 84.9 Å². The normalized spacial score (nSPS) is 11.0. The molecule has 0 N–H and O–H groups in total. The molecule has 0 aliphatic heterocycles. The van der Waals surface area contributed by atoms with Crippen LogP contribution in [0.4, 0.5) is 0 Å². The largest absolute Gasteiger partial charge is 0.497 e. The van der Waals surface area contributed by atoms with Crippen LogP contribution in [-0.2, 0) is 10.8 Å². The second-order valence-electron chi connectivity index (χ2n) is 8.10. The summed E-state index contributed by atoms with van der Waals surface area (Å²) in [5.41, 5.74) is 4.61. The molecule has 2 aromatic carbocycles. The molecule has 2 rings (SSSR count). The van der Waals surface area contributed by atoms with E-state index in [4.69, 9.17) is 4.74 Å². The minimum atomic E-state index is 0. The molecule has 0 saturated carbocycles. The summed E-state index contributed by atoms with van der Waals surface area (Å²) in [5.74, 6) is 0.919. The Bertz CT molecular complexity index is 595. The number of hydrogen-bond donors (Lipinski definition) is 0. The van der Waals surface area contributed by atoms with E-state index in [1.807, 2.05) is 12.1 Å². The first-order valence-corrected chi connectivity index (χ1v) is 8.26. The summed E-state index contributed by atoms with van der Waals surface area (Å²) in [6.07, 6.45) is 0. The SMILES string of the molecule is C.COc1ccc(C(C)(C)C)cc1.Cc1cccc(C(C)(C)C)c1. The standard InChI is InChI=1S/C11H16O.C11H16.CH4/c1-11(2,3)9-5-7-10(12-4)8-6-9;1-9-6-5-7-10(8-9)11(2,3)4;/h5-8H,1-4H3;5-8H,1-4H3;1H4. The van der Waals surface area contributed by atoms with Gasteiger partial charge in [-0.05, 0) is 41.0 Å². The zero-order chi connectivity index (χ0) is 17.7. The van der Waals surface area contributed by atoms with E-state index >= 15 is 0 Å². The van der Waals surface area contributed by atoms with Gasteiger partial charge >= 0.3 is 0 Å². The third kappa shape index (κ3) is 7.21. The highest BCUT2D eigenvalue weighted by Gasteiger charge is 2.13. The molecule has 0 aliphatic carbocycles. The summed E-state index contributed by atoms with van der Waals surface area (Å²) in [7, 11) is 1.69. The molecule has 1 nitrogen and oxygen atoms in total. The topological polar surface area (TPSA) is 9.23 Å². The van der Waals surface area contributed by atoms with Crippen LogP contribution in [0.3, 0.4) is 0 Å². The number of aryl methyl sites for hydroxylation is 1. The van der Waals surface area contributed by atoms with Crippen molar-refractivity contribution in [2.75, 3.05) is 7.11 Å². The van der Waals surface area contributed by atoms with Gasteiger partial charge in [-0.3, -0.25) is 0 Å². The molecular weight excluding hydrogens is 292 g/mol. The van der Waals surface area contributed by atoms with Crippen LogP contribution in [0.1, 0.15) is 65.7 Å². The van der Waals surface area contributed by atoms with Crippen molar-refractivity contribution in [2.24, 2.45) is 0 Å². The average Bonchev–Trinajstić information content (AvgIpc) is 2.46. The number of rotatable bonds is 1. The molecule has 0 heterocycles. The van der Waals surface area contributed by atoms with E-state index in [1.54, 1.807) is 7.11 Å². The fraction of sp³-hybridized carbons (Fsp3) is 0.478. The molecule has 0 radical (unpaired) electrons. The molecule has 134 valence electrons. The lowest BCUT2D eigenvalue weighted by Crippen LogP contribution is -2.10. The van der Waals surface area contributed by atoms with E-state index in [9.17, 15) is 0 Å². The lowest BCUT2D eigenvalue weighted by molar-refractivity contribution is 0.414. The Labute approximate surface area is 150 Å². The van der Waals surface area contributed by atoms with Crippen LogP contribution in [0.25, 0.3) is 0 Å². The molecule has 1 heteroatoms. The molecule has 0 bridgehead atoms. The van der Waals surface area contributed by atoms with Gasteiger partial charge in [0.2, 0.25) is 0 Å². The Morgan fingerprint density at radius 3 is 1.54 bits per heavy atom. The molecule has 0 unspecified atom stereocenters. The predicted molar refractivity (Wildman–Crippen MR) is 108 cm³/mol. The highest BCUT2D eigenvalue weighted by atomic mass is 16.5. The first kappa shape index (κ1) is 22.2. The van der Waals surface area contributed by atoms with Crippen LogP contribution >= 0.6 is 0 Å². The highest BCUT2D eigenvalue weighted by molar-refractivity contribution is 5.31. The third-order valence-corrected chi connectivity index (χ3v) is 3.84. The second-order valence-corrected chi connectivity index (χ2v) is 8.10. The Morgan fingerprint density at radius 2 is 1.21 bits per heavy atom. The van der Waals surface area contributed by atoms with Gasteiger partial charge in [0.15, 0.2) is 0 Å². The molecule has 2 aromatic rings. The van der Waals surface area contributed by atoms with Gasteiger partial charge < -0.3 is 4.74 Å². The summed E-state index contributed by atoms with van der Waals surface area (Å²) in [6.45, 7) is 15.5. The van der Waals surface area contributed by atoms with Crippen LogP contribution in [0.2, 0.25) is 0 Å². The van der Waals surface area contributed by atoms with Gasteiger partial charge in [-0.25, -0.2) is 0 Å². The average molecular weight is 329 g/mol. The Kier molecular flexibility index (Phi) is 8.26. The summed E-state index contributed by atoms with van der Waals surface area (Å²) >= 11 is 0. The van der Waals surface area contributed by atoms with Crippen LogP contribution in [-0.4, -0.2) is 7.11 Å². The maximum Gasteiger partial charge on any atom is 0.118 e. The maximum absolute atomic E-state index is 5.08. The molecular formula is C23H36O. The minimum absolute atomic E-state index is 0. The maximum atomic E-state index is 5.08. The molecule has 0 atom stereocenters. The van der Waals surface area contributed by atoms with Gasteiger partial charge in [0.1, 0.15) is 5.75 Å². The van der Waals surface area contributed by atoms with Crippen molar-refractivity contribution in [2.45, 2.75) is 66.7 Å². The van der Waals surface area contributed by atoms with Crippen LogP contribution in [0.15, 0.2) is 48.5 Å². The van der Waals surface area contributed by atoms with Crippen LogP contribution in [0, 0.1) is 6.92 Å². The Hall–Kier alpha value is -1.76. The highest BCUT2D eigenvalue weighted by Crippen LogP contribution is 2.24. The fourth-order valence-electron chi connectivity index (χ4n) is 2.20. The second kappa shape index (κ2) is 8.92. The van der Waals surface area contributed by atoms with Gasteiger partial charge in [0.25, 0.3) is 0 Å². The van der Waals surface area contributed by atoms with Crippen LogP contribution in [0.5, 0.6) is 5.75 Å². The predicted octanol–water partition coefficient (Wildman–Crippen LogP) is 6.92. The zero-order valence-corrected chi connectivity index (χ0v) is 16.0. The monoisotopic (exact) mass is 328 g/mol. The van der Waals surface area contributed by atoms with Gasteiger partial charge in [0.05, 0.1) is 7.11 Å². The van der Waals surface area contributed by atoms with Crippen molar-refractivity contribution in [1.29, 1.82) is 0 Å². The number of ether oxygens (including phenoxy) is 1. The summed E-state index contributed by atoms with van der Waals surface area (Å²) in [5, 5.41) is 0. The van der Waals surface area contributed by atoms with Crippen molar-refractivity contribution in [1.82, 2.24) is 0 Å². The van der Waals surface area contributed by atoms with E-state index in [0.29, 0.717) is 0 Å². The lowest BCUT2D eigenvalue weighted by atomic mass is 9.86. The zero-order valence-electron chi connectivity index (χ0n) is 16.0. The van der Waals surface area contributed by atoms with E-state index < -0.39 is 0 Å². The van der Waals surface area contributed by atoms with Crippen LogP contribution < -0.4 is 4.74 Å². The first-order chi connectivity index (χ1) is 10.5. The van der Waals surface area contributed by atoms with Crippen molar-refractivity contribution < 1.29 is 4.74 Å². The number of hydrogen-bond acceptors (Lipinski definition) is 1. The quantitative estimate of drug-likeness (QED) is 0.552. The fourth-order valence-corrected chi connectivity index (χ4v) is 2.20. The summed E-state index contributed by atoms with van der Waals surface area (Å²) < 4.78 is 5.08. The molecule has 24 heavy (non-hydrogen) atoms. The van der Waals surface area contributed by atoms with E-state index in [0.717, 1.165) is 5.75 Å². The van der Waals surface area contributed by atoms with Gasteiger partial charge in [-0.1, -0.05) is 90.9 Å². The van der Waals surface area contributed by atoms with Crippen molar-refractivity contribution in [3.8, 4) is 5.75 Å². The molecule has 0 fully saturated rings. The van der Waals surface area contributed by atoms with Gasteiger partial charge in [-0.15, -0.1) is 0 Å². The smallest absolute Gasteiger partial charge is 0.118 e. The summed E-state index contributed by atoms with van der Waals surface area (Å²) in [6, 6.07) is 16.9. The van der Waals surface area contributed by atoms with Gasteiger partial charge in [0, 0.05) is 0 Å². The molecule has 0 saturated heterocycles. The summed E-state index contributed by atoms with van der Waals surface area (Å²) in [4.78, 5) is 0. The Morgan fingerprint density at radius 1 is 0.708 bits per heavy atom. The van der Waals surface area contributed by atoms with Crippen molar-refractivity contribution in [3.63, 3.8) is 0 Å². The van der Waals surface area contributed by atoms with Crippen molar-refractivity contribution in [3.05, 3.63) is 65.2 Å². The lowest BCUT2D eigenvalue weighted by Gasteiger charge is -2.19. The number of benzene rings is 2. The number of methoxy groups -OCH3 is 1. The minimum Gasteiger partial charge on any atom is -0.497 e. The first-order valence-electron chi connectivity index (χ1n) is 8.26. The third-order valence-electron chi connectivity index (χ3n) is 3.84. The van der Waals surface area contributed by atoms with E-state index in [-0.39, 0.29) is 18.3 Å².